The molecule has 20 heavy (non-hydrogen) atoms. The number of rotatable bonds is 5. The van der Waals surface area contributed by atoms with E-state index in [-0.39, 0.29) is 18.9 Å². The number of benzene rings is 1. The fraction of sp³-hybridized carbons (Fsp3) is 0.333. The third kappa shape index (κ3) is 3.17. The number of carboxylic acid groups (broad SMARTS) is 1. The number of carbonyl (C=O) groups is 2. The second-order valence-corrected chi connectivity index (χ2v) is 4.99. The molecule has 1 atom stereocenters. The standard InChI is InChI=1S/C15H17NO4/c1-10(2)9-20-13-5-3-4-12(7-13)16-8-11(15(18)19)6-14(16)17/h3-5,7,11H,1,6,8-9H2,2H3,(H,18,19)/t11-/m1/s1. The van der Waals surface area contributed by atoms with E-state index in [0.29, 0.717) is 18.0 Å². The number of anilines is 1. The van der Waals surface area contributed by atoms with Crippen LogP contribution < -0.4 is 9.64 Å². The number of carboxylic acids is 1. The van der Waals surface area contributed by atoms with Gasteiger partial charge in [-0.25, -0.2) is 0 Å². The van der Waals surface area contributed by atoms with Crippen LogP contribution in [0.2, 0.25) is 0 Å². The Balaban J connectivity index is 2.13. The molecule has 0 saturated carbocycles. The predicted molar refractivity (Wildman–Crippen MR) is 74.8 cm³/mol. The highest BCUT2D eigenvalue weighted by molar-refractivity contribution is 5.99. The Bertz CT molecular complexity index is 553. The van der Waals surface area contributed by atoms with Gasteiger partial charge in [-0.3, -0.25) is 9.59 Å². The minimum Gasteiger partial charge on any atom is -0.489 e. The van der Waals surface area contributed by atoms with Gasteiger partial charge in [0.1, 0.15) is 12.4 Å². The van der Waals surface area contributed by atoms with Gasteiger partial charge in [-0.2, -0.15) is 0 Å². The fourth-order valence-corrected chi connectivity index (χ4v) is 2.07. The maximum Gasteiger partial charge on any atom is 0.308 e. The summed E-state index contributed by atoms with van der Waals surface area (Å²) in [6, 6.07) is 7.09. The average Bonchev–Trinajstić information content (AvgIpc) is 2.79. The molecular formula is C15H17NO4. The topological polar surface area (TPSA) is 66.8 Å². The van der Waals surface area contributed by atoms with E-state index in [0.717, 1.165) is 5.57 Å². The van der Waals surface area contributed by atoms with Gasteiger partial charge < -0.3 is 14.7 Å². The molecule has 1 aromatic carbocycles. The lowest BCUT2D eigenvalue weighted by atomic mass is 10.1. The molecule has 0 radical (unpaired) electrons. The molecule has 2 rings (SSSR count). The van der Waals surface area contributed by atoms with Crippen LogP contribution in [0.1, 0.15) is 13.3 Å². The second-order valence-electron chi connectivity index (χ2n) is 4.99. The maximum absolute atomic E-state index is 11.9. The minimum atomic E-state index is -0.935. The number of ether oxygens (including phenoxy) is 1. The largest absolute Gasteiger partial charge is 0.489 e. The van der Waals surface area contributed by atoms with Crippen molar-refractivity contribution in [1.82, 2.24) is 0 Å². The van der Waals surface area contributed by atoms with E-state index in [2.05, 4.69) is 6.58 Å². The predicted octanol–water partition coefficient (Wildman–Crippen LogP) is 2.08. The van der Waals surface area contributed by atoms with Gasteiger partial charge in [-0.05, 0) is 24.6 Å². The smallest absolute Gasteiger partial charge is 0.308 e. The van der Waals surface area contributed by atoms with Crippen molar-refractivity contribution in [3.05, 3.63) is 36.4 Å². The summed E-state index contributed by atoms with van der Waals surface area (Å²) in [5.41, 5.74) is 1.57. The van der Waals surface area contributed by atoms with Crippen LogP contribution in [-0.2, 0) is 9.59 Å². The van der Waals surface area contributed by atoms with Crippen LogP contribution in [0.5, 0.6) is 5.75 Å². The zero-order valence-corrected chi connectivity index (χ0v) is 11.3. The van der Waals surface area contributed by atoms with Crippen molar-refractivity contribution in [3.63, 3.8) is 0 Å². The fourth-order valence-electron chi connectivity index (χ4n) is 2.07. The van der Waals surface area contributed by atoms with Gasteiger partial charge in [0.15, 0.2) is 0 Å². The number of carbonyl (C=O) groups excluding carboxylic acids is 1. The maximum atomic E-state index is 11.9. The van der Waals surface area contributed by atoms with Crippen molar-refractivity contribution in [2.75, 3.05) is 18.1 Å². The van der Waals surface area contributed by atoms with Gasteiger partial charge in [-0.1, -0.05) is 12.6 Å². The molecule has 0 spiro atoms. The quantitative estimate of drug-likeness (QED) is 0.835. The van der Waals surface area contributed by atoms with Crippen molar-refractivity contribution in [2.45, 2.75) is 13.3 Å². The molecule has 0 bridgehead atoms. The van der Waals surface area contributed by atoms with E-state index in [1.807, 2.05) is 6.92 Å². The lowest BCUT2D eigenvalue weighted by Crippen LogP contribution is -2.25. The van der Waals surface area contributed by atoms with Crippen LogP contribution in [-0.4, -0.2) is 30.1 Å². The molecule has 0 unspecified atom stereocenters. The van der Waals surface area contributed by atoms with Gasteiger partial charge in [0.05, 0.1) is 5.92 Å². The molecule has 0 aromatic heterocycles. The summed E-state index contributed by atoms with van der Waals surface area (Å²) >= 11 is 0. The van der Waals surface area contributed by atoms with Crippen molar-refractivity contribution < 1.29 is 19.4 Å². The van der Waals surface area contributed by atoms with Gasteiger partial charge >= 0.3 is 5.97 Å². The Hall–Kier alpha value is -2.30. The summed E-state index contributed by atoms with van der Waals surface area (Å²) < 4.78 is 5.52. The monoisotopic (exact) mass is 275 g/mol. The van der Waals surface area contributed by atoms with Crippen LogP contribution in [0.4, 0.5) is 5.69 Å². The Morgan fingerprint density at radius 3 is 2.90 bits per heavy atom. The zero-order valence-electron chi connectivity index (χ0n) is 11.3. The normalized spacial score (nSPS) is 18.1. The molecule has 0 aliphatic carbocycles. The van der Waals surface area contributed by atoms with Crippen LogP contribution >= 0.6 is 0 Å². The Labute approximate surface area is 117 Å². The minimum absolute atomic E-state index is 0.0478. The molecule has 5 heteroatoms. The molecule has 106 valence electrons. The van der Waals surface area contributed by atoms with E-state index in [1.165, 1.54) is 4.90 Å². The van der Waals surface area contributed by atoms with E-state index in [4.69, 9.17) is 9.84 Å². The number of aliphatic carboxylic acids is 1. The number of nitrogens with zero attached hydrogens (tertiary/aromatic N) is 1. The van der Waals surface area contributed by atoms with E-state index >= 15 is 0 Å². The van der Waals surface area contributed by atoms with Crippen molar-refractivity contribution in [3.8, 4) is 5.75 Å². The molecule has 1 fully saturated rings. The first kappa shape index (κ1) is 14.1. The zero-order chi connectivity index (χ0) is 14.7. The molecule has 5 nitrogen and oxygen atoms in total. The average molecular weight is 275 g/mol. The number of amides is 1. The third-order valence-corrected chi connectivity index (χ3v) is 3.09. The summed E-state index contributed by atoms with van der Waals surface area (Å²) in [6.07, 6.45) is 0.0478. The molecular weight excluding hydrogens is 258 g/mol. The van der Waals surface area contributed by atoms with Gasteiger partial charge in [0, 0.05) is 24.7 Å². The first-order valence-electron chi connectivity index (χ1n) is 6.38. The summed E-state index contributed by atoms with van der Waals surface area (Å²) in [7, 11) is 0. The highest BCUT2D eigenvalue weighted by atomic mass is 16.5. The molecule has 1 aliphatic rings. The van der Waals surface area contributed by atoms with Crippen LogP contribution in [0, 0.1) is 5.92 Å². The number of hydrogen-bond donors (Lipinski definition) is 1. The Kier molecular flexibility index (Phi) is 4.08. The Morgan fingerprint density at radius 1 is 1.55 bits per heavy atom. The molecule has 1 amide bonds. The highest BCUT2D eigenvalue weighted by Gasteiger charge is 2.35. The molecule has 1 heterocycles. The van der Waals surface area contributed by atoms with Gasteiger partial charge in [-0.15, -0.1) is 0 Å². The molecule has 1 aliphatic heterocycles. The summed E-state index contributed by atoms with van der Waals surface area (Å²) in [5, 5.41) is 8.98. The van der Waals surface area contributed by atoms with E-state index < -0.39 is 11.9 Å². The summed E-state index contributed by atoms with van der Waals surface area (Å²) in [5.74, 6) is -1.11. The van der Waals surface area contributed by atoms with E-state index in [9.17, 15) is 9.59 Å². The van der Waals surface area contributed by atoms with Crippen LogP contribution in [0.25, 0.3) is 0 Å². The lowest BCUT2D eigenvalue weighted by Gasteiger charge is -2.17. The first-order valence-corrected chi connectivity index (χ1v) is 6.38. The molecule has 1 N–H and O–H groups in total. The summed E-state index contributed by atoms with van der Waals surface area (Å²) in [6.45, 7) is 6.24. The highest BCUT2D eigenvalue weighted by Crippen LogP contribution is 2.28. The molecule has 1 saturated heterocycles. The lowest BCUT2D eigenvalue weighted by molar-refractivity contribution is -0.141. The van der Waals surface area contributed by atoms with Crippen LogP contribution in [0.15, 0.2) is 36.4 Å². The number of hydrogen-bond acceptors (Lipinski definition) is 3. The summed E-state index contributed by atoms with van der Waals surface area (Å²) in [4.78, 5) is 24.3. The molecule has 1 aromatic rings. The first-order chi connectivity index (χ1) is 9.47. The van der Waals surface area contributed by atoms with Gasteiger partial charge in [0.25, 0.3) is 0 Å². The SMILES string of the molecule is C=C(C)COc1cccc(N2C[C@H](C(=O)O)CC2=O)c1. The van der Waals surface area contributed by atoms with Gasteiger partial charge in [0.2, 0.25) is 5.91 Å². The second kappa shape index (κ2) is 5.77. The van der Waals surface area contributed by atoms with Crippen LogP contribution in [0.3, 0.4) is 0 Å². The Morgan fingerprint density at radius 2 is 2.30 bits per heavy atom. The third-order valence-electron chi connectivity index (χ3n) is 3.09. The van der Waals surface area contributed by atoms with Crippen molar-refractivity contribution in [1.29, 1.82) is 0 Å². The van der Waals surface area contributed by atoms with Crippen molar-refractivity contribution in [2.24, 2.45) is 5.92 Å². The van der Waals surface area contributed by atoms with E-state index in [1.54, 1.807) is 24.3 Å². The van der Waals surface area contributed by atoms with Crippen molar-refractivity contribution >= 4 is 17.6 Å².